The number of fused-ring (bicyclic) bond motifs is 1. The number of nitrogens with zero attached hydrogens (tertiary/aromatic N) is 4. The molecule has 0 spiro atoms. The number of imidazole rings is 1. The number of aliphatic hydroxyl groups excluding tert-OH is 2. The quantitative estimate of drug-likeness (QED) is 0.316. The minimum absolute atomic E-state index is 0.0601. The van der Waals surface area contributed by atoms with E-state index in [1.807, 2.05) is 0 Å². The van der Waals surface area contributed by atoms with Gasteiger partial charge in [-0.05, 0) is 19.8 Å². The van der Waals surface area contributed by atoms with E-state index in [2.05, 4.69) is 9.97 Å². The second kappa shape index (κ2) is 9.14. The van der Waals surface area contributed by atoms with Crippen molar-refractivity contribution in [3.8, 4) is 0 Å². The summed E-state index contributed by atoms with van der Waals surface area (Å²) in [6.45, 7) is 2.98. The number of rotatable bonds is 9. The van der Waals surface area contributed by atoms with Crippen LogP contribution >= 0.6 is 7.60 Å². The van der Waals surface area contributed by atoms with E-state index >= 15 is 0 Å². The maximum atomic E-state index is 14.2. The van der Waals surface area contributed by atoms with Crippen LogP contribution in [0.25, 0.3) is 11.2 Å². The highest BCUT2D eigenvalue weighted by molar-refractivity contribution is 7.54. The van der Waals surface area contributed by atoms with Crippen LogP contribution in [0.2, 0.25) is 0 Å². The van der Waals surface area contributed by atoms with Crippen molar-refractivity contribution in [3.63, 3.8) is 0 Å². The second-order valence-electron chi connectivity index (χ2n) is 8.63. The van der Waals surface area contributed by atoms with Crippen LogP contribution in [0.5, 0.6) is 0 Å². The van der Waals surface area contributed by atoms with Crippen LogP contribution in [0.3, 0.4) is 0 Å². The van der Waals surface area contributed by atoms with Gasteiger partial charge < -0.3 is 29.5 Å². The summed E-state index contributed by atoms with van der Waals surface area (Å²) < 4.78 is 40.8. The van der Waals surface area contributed by atoms with Crippen molar-refractivity contribution >= 4 is 18.8 Å². The Morgan fingerprint density at radius 2 is 1.94 bits per heavy atom. The summed E-state index contributed by atoms with van der Waals surface area (Å²) in [5.74, 6) is 0. The van der Waals surface area contributed by atoms with E-state index < -0.39 is 49.8 Å². The molecule has 0 aromatic carbocycles. The Kier molecular flexibility index (Phi) is 7.17. The third kappa shape index (κ3) is 4.51. The highest BCUT2D eigenvalue weighted by Gasteiger charge is 2.52. The Balaban J connectivity index is 1.89. The lowest BCUT2D eigenvalue weighted by molar-refractivity contribution is -0.0804. The predicted octanol–water partition coefficient (Wildman–Crippen LogP) is 0.697. The van der Waals surface area contributed by atoms with Gasteiger partial charge in [-0.3, -0.25) is 19.1 Å². The van der Waals surface area contributed by atoms with Crippen LogP contribution in [0.4, 0.5) is 4.39 Å². The highest BCUT2D eigenvalue weighted by atomic mass is 31.2. The van der Waals surface area contributed by atoms with Crippen LogP contribution < -0.4 is 5.49 Å². The summed E-state index contributed by atoms with van der Waals surface area (Å²) in [6.07, 6.45) is -3.06. The predicted molar refractivity (Wildman–Crippen MR) is 114 cm³/mol. The van der Waals surface area contributed by atoms with E-state index in [1.54, 1.807) is 14.0 Å². The first-order valence-electron chi connectivity index (χ1n) is 10.6. The van der Waals surface area contributed by atoms with Gasteiger partial charge in [0.1, 0.15) is 30.0 Å². The second-order valence-corrected chi connectivity index (χ2v) is 10.8. The van der Waals surface area contributed by atoms with Gasteiger partial charge in [-0.15, -0.1) is 0 Å². The lowest BCUT2D eigenvalue weighted by atomic mass is 9.92. The van der Waals surface area contributed by atoms with Gasteiger partial charge in [-0.2, -0.15) is 0 Å². The molecule has 5 N–H and O–H groups in total. The first-order chi connectivity index (χ1) is 15.3. The fourth-order valence-electron chi connectivity index (χ4n) is 3.68. The molecule has 0 radical (unpaired) electrons. The Morgan fingerprint density at radius 3 is 2.52 bits per heavy atom. The van der Waals surface area contributed by atoms with E-state index in [0.29, 0.717) is 0 Å². The lowest BCUT2D eigenvalue weighted by Crippen LogP contribution is -2.43. The van der Waals surface area contributed by atoms with Crippen molar-refractivity contribution in [2.45, 2.75) is 75.5 Å². The number of aliphatic hydroxyl groups is 3. The van der Waals surface area contributed by atoms with Crippen LogP contribution in [0.15, 0.2) is 12.7 Å². The van der Waals surface area contributed by atoms with Crippen molar-refractivity contribution in [2.24, 2.45) is 7.05 Å². The number of alkyl halides is 1. The van der Waals surface area contributed by atoms with Gasteiger partial charge in [0, 0.05) is 13.5 Å². The van der Waals surface area contributed by atoms with Crippen LogP contribution in [0, 0.1) is 5.41 Å². The molecule has 0 saturated carbocycles. The molecule has 1 fully saturated rings. The largest absolute Gasteiger partial charge is 0.388 e. The van der Waals surface area contributed by atoms with Crippen molar-refractivity contribution in [1.82, 2.24) is 19.1 Å². The molecule has 3 rings (SSSR count). The van der Waals surface area contributed by atoms with Crippen molar-refractivity contribution in [3.05, 3.63) is 18.1 Å². The van der Waals surface area contributed by atoms with Crippen LogP contribution in [0.1, 0.15) is 46.3 Å². The summed E-state index contributed by atoms with van der Waals surface area (Å²) in [7, 11) is -3.05. The zero-order chi connectivity index (χ0) is 24.8. The maximum absolute atomic E-state index is 14.2. The van der Waals surface area contributed by atoms with Crippen molar-refractivity contribution in [2.75, 3.05) is 6.67 Å². The molecule has 186 valence electrons. The smallest absolute Gasteiger partial charge is 0.359 e. The van der Waals surface area contributed by atoms with E-state index in [1.165, 1.54) is 28.7 Å². The number of hydrogen-bond acceptors (Lipinski definition) is 9. The Morgan fingerprint density at radius 1 is 1.27 bits per heavy atom. The molecule has 0 bridgehead atoms. The lowest BCUT2D eigenvalue weighted by Gasteiger charge is -2.38. The summed E-state index contributed by atoms with van der Waals surface area (Å²) in [6, 6.07) is 0. The Bertz CT molecular complexity index is 1100. The third-order valence-corrected chi connectivity index (χ3v) is 8.53. The first kappa shape index (κ1) is 25.9. The molecular weight excluding hydrogens is 460 g/mol. The zero-order valence-corrected chi connectivity index (χ0v) is 19.8. The summed E-state index contributed by atoms with van der Waals surface area (Å²) >= 11 is 0. The molecule has 12 nitrogen and oxygen atoms in total. The molecule has 1 aliphatic rings. The highest BCUT2D eigenvalue weighted by Crippen LogP contribution is 2.59. The van der Waals surface area contributed by atoms with Gasteiger partial charge in [0.15, 0.2) is 22.7 Å². The SMILES string of the molecule is CCC(CF)(C[C@H]1O[C@@H](n2cnc3c(=N)n(C)cnc32)[C@H](O)[C@@H]1O)OP(=O)(O)C(C)(O)CC. The van der Waals surface area contributed by atoms with E-state index in [9.17, 15) is 29.2 Å². The molecular formula is C19H31FN5O7P. The monoisotopic (exact) mass is 491 g/mol. The fourth-order valence-corrected chi connectivity index (χ4v) is 5.05. The van der Waals surface area contributed by atoms with Gasteiger partial charge in [0.25, 0.3) is 0 Å². The third-order valence-electron chi connectivity index (χ3n) is 6.37. The summed E-state index contributed by atoms with van der Waals surface area (Å²) in [4.78, 5) is 18.7. The minimum Gasteiger partial charge on any atom is -0.388 e. The number of aromatic nitrogens is 4. The maximum Gasteiger partial charge on any atom is 0.359 e. The molecule has 2 aromatic heterocycles. The van der Waals surface area contributed by atoms with E-state index in [4.69, 9.17) is 14.7 Å². The molecule has 33 heavy (non-hydrogen) atoms. The summed E-state index contributed by atoms with van der Waals surface area (Å²) in [5, 5.41) is 37.5. The average Bonchev–Trinajstić information content (AvgIpc) is 3.32. The number of ether oxygens (including phenoxy) is 1. The minimum atomic E-state index is -4.68. The molecule has 7 atom stereocenters. The Labute approximate surface area is 189 Å². The molecule has 3 unspecified atom stereocenters. The molecule has 0 amide bonds. The molecule has 2 aromatic rings. The van der Waals surface area contributed by atoms with Crippen molar-refractivity contribution in [1.29, 1.82) is 5.41 Å². The normalized spacial score (nSPS) is 29.0. The van der Waals surface area contributed by atoms with E-state index in [-0.39, 0.29) is 35.9 Å². The first-order valence-corrected chi connectivity index (χ1v) is 12.2. The molecule has 1 saturated heterocycles. The average molecular weight is 491 g/mol. The Hall–Kier alpha value is -1.73. The van der Waals surface area contributed by atoms with Crippen LogP contribution in [-0.2, 0) is 20.9 Å². The van der Waals surface area contributed by atoms with Gasteiger partial charge in [0.05, 0.1) is 18.8 Å². The molecule has 3 heterocycles. The number of hydrogen-bond donors (Lipinski definition) is 5. The van der Waals surface area contributed by atoms with Gasteiger partial charge in [-0.1, -0.05) is 13.8 Å². The molecule has 1 aliphatic heterocycles. The van der Waals surface area contributed by atoms with Gasteiger partial charge >= 0.3 is 7.60 Å². The van der Waals surface area contributed by atoms with Crippen molar-refractivity contribution < 1.29 is 38.4 Å². The number of aryl methyl sites for hydroxylation is 1. The summed E-state index contributed by atoms with van der Waals surface area (Å²) in [5.41, 5.74) is -1.26. The van der Waals surface area contributed by atoms with Gasteiger partial charge in [0.2, 0.25) is 0 Å². The van der Waals surface area contributed by atoms with Gasteiger partial charge in [-0.25, -0.2) is 14.4 Å². The molecule has 0 aliphatic carbocycles. The topological polar surface area (TPSA) is 176 Å². The van der Waals surface area contributed by atoms with Crippen LogP contribution in [-0.4, -0.2) is 75.2 Å². The molecule has 14 heteroatoms. The standard InChI is InChI=1S/C19H31FN5O7P/c1-5-18(3,28)33(29,30)32-19(6-2,8-20)7-11-13(26)14(27)17(31-11)25-10-22-12-15(21)24(4)9-23-16(12)25/h9-11,13-14,17,21,26-28H,5-8H2,1-4H3,(H,29,30)/t11-,13-,14-,17-,18?,19?/m1/s1. The van der Waals surface area contributed by atoms with E-state index in [0.717, 1.165) is 6.92 Å². The number of nitrogens with one attached hydrogen (secondary N) is 1. The zero-order valence-electron chi connectivity index (χ0n) is 18.9. The fraction of sp³-hybridized carbons (Fsp3) is 0.737. The number of halogens is 1.